The van der Waals surface area contributed by atoms with Crippen LogP contribution in [0.25, 0.3) is 16.0 Å². The summed E-state index contributed by atoms with van der Waals surface area (Å²) in [5, 5.41) is 2.84. The van der Waals surface area contributed by atoms with E-state index in [9.17, 15) is 4.79 Å². The summed E-state index contributed by atoms with van der Waals surface area (Å²) in [5.74, 6) is -0.0536. The number of ether oxygens (including phenoxy) is 2. The van der Waals surface area contributed by atoms with Gasteiger partial charge in [-0.2, -0.15) is 0 Å². The number of imidazole rings is 1. The van der Waals surface area contributed by atoms with Crippen molar-refractivity contribution >= 4 is 31.4 Å². The van der Waals surface area contributed by atoms with Crippen molar-refractivity contribution in [1.82, 2.24) is 24.2 Å². The Balaban J connectivity index is 1.56. The van der Waals surface area contributed by atoms with E-state index < -0.39 is 14.8 Å². The molecule has 1 amide bonds. The van der Waals surface area contributed by atoms with Crippen LogP contribution in [0.15, 0.2) is 55.6 Å². The highest BCUT2D eigenvalue weighted by Crippen LogP contribution is 2.47. The van der Waals surface area contributed by atoms with Crippen LogP contribution in [0.1, 0.15) is 51.2 Å². The Morgan fingerprint density at radius 3 is 2.63 bits per heavy atom. The van der Waals surface area contributed by atoms with Crippen molar-refractivity contribution in [2.75, 3.05) is 31.7 Å². The van der Waals surface area contributed by atoms with Gasteiger partial charge in [0.15, 0.2) is 23.2 Å². The molecule has 4 rings (SSSR count). The maximum atomic E-state index is 12.8. The number of nitrogens with zero attached hydrogens (tertiary/aromatic N) is 6. The Morgan fingerprint density at radius 1 is 1.21 bits per heavy atom. The summed E-state index contributed by atoms with van der Waals surface area (Å²) in [6, 6.07) is 9.28. The zero-order valence-corrected chi connectivity index (χ0v) is 26.2. The van der Waals surface area contributed by atoms with E-state index in [1.807, 2.05) is 10.6 Å². The summed E-state index contributed by atoms with van der Waals surface area (Å²) in [7, 11) is -1.42. The van der Waals surface area contributed by atoms with Crippen LogP contribution in [0, 0.1) is 12.5 Å². The zero-order valence-electron chi connectivity index (χ0n) is 25.3. The third-order valence-electron chi connectivity index (χ3n) is 7.01. The fourth-order valence-electron chi connectivity index (χ4n) is 5.02. The SMILES string of the molecule is [C-]#[N+]CCOP(OC[C@H]1O[C@@H](n2cnc3c(NC(=O)c4ccccc4)ncnc32)[C@H](OCC=C)[C@@H]1C)N(C(C)C)C(C)C. The number of rotatable bonds is 15. The molecule has 0 radical (unpaired) electrons. The van der Waals surface area contributed by atoms with Gasteiger partial charge in [-0.15, -0.1) is 6.58 Å². The Kier molecular flexibility index (Phi) is 11.7. The first kappa shape index (κ1) is 32.6. The predicted molar refractivity (Wildman–Crippen MR) is 165 cm³/mol. The van der Waals surface area contributed by atoms with Gasteiger partial charge in [-0.3, -0.25) is 9.36 Å². The van der Waals surface area contributed by atoms with E-state index in [1.165, 1.54) is 6.33 Å². The average Bonchev–Trinajstić information content (AvgIpc) is 3.55. The van der Waals surface area contributed by atoms with E-state index in [0.717, 1.165) is 0 Å². The molecule has 3 heterocycles. The standard InChI is InChI=1S/C30H40N7O5P/c1-8-15-39-26-22(6)24(17-41-43(40-16-14-31-7)37(20(2)3)21(4)5)42-30(26)36-19-34-25-27(32-18-33-28(25)36)35-29(38)23-12-10-9-11-13-23/h8-13,18-22,24,26,30H,1,14-17H2,2-6H3,(H,32,33,35,38)/t22-,24-,26-,30-,43?/m1/s1. The van der Waals surface area contributed by atoms with Gasteiger partial charge in [-0.25, -0.2) is 26.2 Å². The number of hydrogen-bond donors (Lipinski definition) is 1. The summed E-state index contributed by atoms with van der Waals surface area (Å²) in [6.45, 7) is 22.6. The lowest BCUT2D eigenvalue weighted by Crippen LogP contribution is -2.35. The number of nitrogens with one attached hydrogen (secondary N) is 1. The molecule has 1 saturated heterocycles. The van der Waals surface area contributed by atoms with E-state index >= 15 is 0 Å². The van der Waals surface area contributed by atoms with Crippen LogP contribution in [0.4, 0.5) is 5.82 Å². The van der Waals surface area contributed by atoms with Gasteiger partial charge < -0.3 is 28.7 Å². The molecule has 1 fully saturated rings. The molecule has 12 nitrogen and oxygen atoms in total. The number of amides is 1. The minimum absolute atomic E-state index is 0.0619. The lowest BCUT2D eigenvalue weighted by molar-refractivity contribution is -0.0629. The smallest absolute Gasteiger partial charge is 0.259 e. The number of fused-ring (bicyclic) bond motifs is 1. The van der Waals surface area contributed by atoms with Gasteiger partial charge in [0.25, 0.3) is 14.4 Å². The summed E-state index contributed by atoms with van der Waals surface area (Å²) in [5.41, 5.74) is 1.44. The summed E-state index contributed by atoms with van der Waals surface area (Å²) in [4.78, 5) is 29.5. The van der Waals surface area contributed by atoms with Crippen molar-refractivity contribution in [3.63, 3.8) is 0 Å². The molecular formula is C30H40N7O5P. The second-order valence-corrected chi connectivity index (χ2v) is 12.1. The molecule has 1 unspecified atom stereocenters. The van der Waals surface area contributed by atoms with E-state index in [2.05, 4.69) is 71.0 Å². The van der Waals surface area contributed by atoms with Crippen molar-refractivity contribution in [3.8, 4) is 0 Å². The Bertz CT molecular complexity index is 1390. The molecule has 1 aliphatic heterocycles. The van der Waals surface area contributed by atoms with Crippen LogP contribution < -0.4 is 5.32 Å². The highest BCUT2D eigenvalue weighted by Gasteiger charge is 2.45. The lowest BCUT2D eigenvalue weighted by atomic mass is 10.0. The normalized spacial score (nSPS) is 21.0. The van der Waals surface area contributed by atoms with Crippen LogP contribution in [0.5, 0.6) is 0 Å². The van der Waals surface area contributed by atoms with Gasteiger partial charge in [0, 0.05) is 23.6 Å². The number of carbonyl (C=O) groups is 1. The summed E-state index contributed by atoms with van der Waals surface area (Å²) >= 11 is 0. The predicted octanol–water partition coefficient (Wildman–Crippen LogP) is 5.48. The van der Waals surface area contributed by atoms with Crippen molar-refractivity contribution in [3.05, 3.63) is 72.6 Å². The van der Waals surface area contributed by atoms with Gasteiger partial charge in [-0.1, -0.05) is 31.2 Å². The molecule has 3 aromatic rings. The lowest BCUT2D eigenvalue weighted by Gasteiger charge is -2.36. The van der Waals surface area contributed by atoms with Crippen molar-refractivity contribution < 1.29 is 23.3 Å². The molecule has 0 bridgehead atoms. The maximum Gasteiger partial charge on any atom is 0.259 e. The van der Waals surface area contributed by atoms with Crippen LogP contribution >= 0.6 is 8.53 Å². The fraction of sp³-hybridized carbons (Fsp3) is 0.500. The highest BCUT2D eigenvalue weighted by atomic mass is 31.2. The fourth-order valence-corrected chi connectivity index (χ4v) is 6.63. The monoisotopic (exact) mass is 609 g/mol. The quantitative estimate of drug-likeness (QED) is 0.103. The van der Waals surface area contributed by atoms with Crippen LogP contribution in [0.3, 0.4) is 0 Å². The molecule has 43 heavy (non-hydrogen) atoms. The van der Waals surface area contributed by atoms with Crippen LogP contribution in [-0.2, 0) is 18.5 Å². The van der Waals surface area contributed by atoms with Crippen molar-refractivity contribution in [2.24, 2.45) is 5.92 Å². The molecule has 1 aliphatic rings. The van der Waals surface area contributed by atoms with E-state index in [1.54, 1.807) is 36.7 Å². The first-order valence-corrected chi connectivity index (χ1v) is 15.5. The van der Waals surface area contributed by atoms with Crippen LogP contribution in [0.2, 0.25) is 0 Å². The van der Waals surface area contributed by atoms with Crippen LogP contribution in [-0.4, -0.2) is 80.8 Å². The molecule has 230 valence electrons. The second-order valence-electron chi connectivity index (χ2n) is 10.7. The molecule has 0 spiro atoms. The molecule has 1 N–H and O–H groups in total. The van der Waals surface area contributed by atoms with E-state index in [0.29, 0.717) is 35.8 Å². The zero-order chi connectivity index (χ0) is 30.9. The number of hydrogen-bond acceptors (Lipinski definition) is 9. The molecule has 0 aliphatic carbocycles. The number of carbonyl (C=O) groups excluding carboxylic acids is 1. The number of benzene rings is 1. The second kappa shape index (κ2) is 15.4. The first-order valence-electron chi connectivity index (χ1n) is 14.4. The maximum absolute atomic E-state index is 12.8. The number of aromatic nitrogens is 4. The van der Waals surface area contributed by atoms with Gasteiger partial charge in [0.2, 0.25) is 6.54 Å². The summed E-state index contributed by atoms with van der Waals surface area (Å²) in [6.07, 6.45) is 3.46. The van der Waals surface area contributed by atoms with Crippen molar-refractivity contribution in [1.29, 1.82) is 0 Å². The largest absolute Gasteiger partial charge is 0.369 e. The number of anilines is 1. The molecular weight excluding hydrogens is 569 g/mol. The van der Waals surface area contributed by atoms with E-state index in [4.69, 9.17) is 25.1 Å². The molecule has 0 saturated carbocycles. The molecule has 13 heteroatoms. The first-order chi connectivity index (χ1) is 20.8. The third kappa shape index (κ3) is 7.81. The molecule has 5 atom stereocenters. The Hall–Kier alpha value is -3.30. The van der Waals surface area contributed by atoms with Gasteiger partial charge >= 0.3 is 0 Å². The summed E-state index contributed by atoms with van der Waals surface area (Å²) < 4.78 is 29.3. The minimum atomic E-state index is -1.42. The molecule has 1 aromatic carbocycles. The third-order valence-corrected chi connectivity index (χ3v) is 9.08. The average molecular weight is 610 g/mol. The highest BCUT2D eigenvalue weighted by molar-refractivity contribution is 7.44. The van der Waals surface area contributed by atoms with Crippen molar-refractivity contribution in [2.45, 2.75) is 65.1 Å². The van der Waals surface area contributed by atoms with Gasteiger partial charge in [0.1, 0.15) is 19.0 Å². The van der Waals surface area contributed by atoms with E-state index in [-0.39, 0.29) is 49.3 Å². The topological polar surface area (TPSA) is 117 Å². The Labute approximate surface area is 254 Å². The Morgan fingerprint density at radius 2 is 1.95 bits per heavy atom. The van der Waals surface area contributed by atoms with Gasteiger partial charge in [-0.05, 0) is 39.8 Å². The molecule has 2 aromatic heterocycles. The van der Waals surface area contributed by atoms with Gasteiger partial charge in [0.05, 0.1) is 25.6 Å². The minimum Gasteiger partial charge on any atom is -0.369 e.